The van der Waals surface area contributed by atoms with Crippen molar-refractivity contribution < 1.29 is 27.1 Å². The Morgan fingerprint density at radius 3 is 2.76 bits per heavy atom. The smallest absolute Gasteiger partial charge is 0.322 e. The van der Waals surface area contributed by atoms with Crippen molar-refractivity contribution in [3.05, 3.63) is 34.7 Å². The van der Waals surface area contributed by atoms with Crippen molar-refractivity contribution >= 4 is 44.9 Å². The number of methoxy groups -OCH3 is 2. The first kappa shape index (κ1) is 23.5. The molecule has 3 aromatic rings. The summed E-state index contributed by atoms with van der Waals surface area (Å²) in [5.41, 5.74) is 0.538. The number of amides is 1. The molecular weight excluding hydrogens is 492 g/mol. The van der Waals surface area contributed by atoms with Crippen LogP contribution in [0.2, 0.25) is 4.34 Å². The van der Waals surface area contributed by atoms with Gasteiger partial charge in [-0.1, -0.05) is 16.7 Å². The van der Waals surface area contributed by atoms with Gasteiger partial charge in [-0.25, -0.2) is 8.42 Å². The number of carbonyl (C=O) groups excluding carboxylic acids is 1. The van der Waals surface area contributed by atoms with Gasteiger partial charge < -0.3 is 13.9 Å². The fourth-order valence-electron chi connectivity index (χ4n) is 3.50. The van der Waals surface area contributed by atoms with Gasteiger partial charge in [0.25, 0.3) is 15.9 Å². The van der Waals surface area contributed by atoms with Gasteiger partial charge in [0.05, 0.1) is 30.0 Å². The Bertz CT molecular complexity index is 1260. The number of nitrogens with one attached hydrogen (secondary N) is 1. The van der Waals surface area contributed by atoms with E-state index in [4.69, 9.17) is 25.5 Å². The molecule has 4 rings (SSSR count). The Balaban J connectivity index is 1.45. The summed E-state index contributed by atoms with van der Waals surface area (Å²) in [7, 11) is -0.666. The summed E-state index contributed by atoms with van der Waals surface area (Å²) in [6, 6.07) is 8.03. The maximum atomic E-state index is 12.9. The van der Waals surface area contributed by atoms with Gasteiger partial charge in [-0.05, 0) is 37.1 Å². The van der Waals surface area contributed by atoms with Gasteiger partial charge in [0.15, 0.2) is 0 Å². The highest BCUT2D eigenvalue weighted by Gasteiger charge is 2.34. The Hall–Kier alpha value is -2.67. The summed E-state index contributed by atoms with van der Waals surface area (Å²) in [5, 5.41) is 10.5. The maximum absolute atomic E-state index is 12.9. The van der Waals surface area contributed by atoms with E-state index in [0.29, 0.717) is 40.8 Å². The van der Waals surface area contributed by atoms with Crippen molar-refractivity contribution in [1.29, 1.82) is 0 Å². The van der Waals surface area contributed by atoms with Crippen molar-refractivity contribution in [3.8, 4) is 23.0 Å². The van der Waals surface area contributed by atoms with Crippen LogP contribution in [-0.2, 0) is 14.8 Å². The van der Waals surface area contributed by atoms with Crippen LogP contribution >= 0.6 is 22.9 Å². The third kappa shape index (κ3) is 4.98. The molecule has 1 saturated heterocycles. The average Bonchev–Trinajstić information content (AvgIpc) is 3.48. The molecule has 1 N–H and O–H groups in total. The van der Waals surface area contributed by atoms with Crippen molar-refractivity contribution in [2.75, 3.05) is 32.6 Å². The van der Waals surface area contributed by atoms with Gasteiger partial charge >= 0.3 is 6.01 Å². The Kier molecular flexibility index (Phi) is 6.88. The summed E-state index contributed by atoms with van der Waals surface area (Å²) < 4.78 is 43.7. The van der Waals surface area contributed by atoms with Crippen LogP contribution in [0.1, 0.15) is 12.8 Å². The maximum Gasteiger partial charge on any atom is 0.322 e. The van der Waals surface area contributed by atoms with E-state index in [1.807, 2.05) is 0 Å². The van der Waals surface area contributed by atoms with Crippen LogP contribution < -0.4 is 14.8 Å². The molecule has 33 heavy (non-hydrogen) atoms. The van der Waals surface area contributed by atoms with Crippen LogP contribution in [-0.4, -0.2) is 56.1 Å². The lowest BCUT2D eigenvalue weighted by Gasteiger charge is -2.30. The average molecular weight is 513 g/mol. The number of thiophene rings is 1. The third-order valence-corrected chi connectivity index (χ3v) is 8.76. The van der Waals surface area contributed by atoms with Crippen LogP contribution in [0.4, 0.5) is 6.01 Å². The van der Waals surface area contributed by atoms with E-state index in [2.05, 4.69) is 15.5 Å². The van der Waals surface area contributed by atoms with Crippen molar-refractivity contribution in [1.82, 2.24) is 14.5 Å². The normalized spacial score (nSPS) is 17.0. The minimum Gasteiger partial charge on any atom is -0.497 e. The minimum absolute atomic E-state index is 0.0526. The van der Waals surface area contributed by atoms with Crippen LogP contribution in [0.15, 0.2) is 39.0 Å². The summed E-state index contributed by atoms with van der Waals surface area (Å²) in [6.07, 6.45) is 1.09. The van der Waals surface area contributed by atoms with E-state index in [1.165, 1.54) is 23.5 Å². The summed E-state index contributed by atoms with van der Waals surface area (Å²) in [6.45, 7) is 0.389. The van der Waals surface area contributed by atoms with Gasteiger partial charge in [0.1, 0.15) is 15.7 Å². The number of ether oxygens (including phenoxy) is 2. The quantitative estimate of drug-likeness (QED) is 0.510. The predicted octanol–water partition coefficient (Wildman–Crippen LogP) is 3.51. The van der Waals surface area contributed by atoms with Crippen LogP contribution in [0.3, 0.4) is 0 Å². The van der Waals surface area contributed by atoms with Crippen LogP contribution in [0.25, 0.3) is 11.5 Å². The van der Waals surface area contributed by atoms with Crippen molar-refractivity contribution in [2.45, 2.75) is 17.1 Å². The van der Waals surface area contributed by atoms with E-state index < -0.39 is 21.8 Å². The fraction of sp³-hybridized carbons (Fsp3) is 0.350. The van der Waals surface area contributed by atoms with Gasteiger partial charge in [-0.2, -0.15) is 4.31 Å². The number of hydrogen-bond acceptors (Lipinski definition) is 9. The topological polar surface area (TPSA) is 124 Å². The largest absolute Gasteiger partial charge is 0.497 e. The number of anilines is 1. The van der Waals surface area contributed by atoms with Gasteiger partial charge in [0, 0.05) is 19.2 Å². The van der Waals surface area contributed by atoms with Crippen molar-refractivity contribution in [2.24, 2.45) is 5.92 Å². The van der Waals surface area contributed by atoms with E-state index in [-0.39, 0.29) is 22.7 Å². The molecule has 176 valence electrons. The molecule has 1 aliphatic rings. The summed E-state index contributed by atoms with van der Waals surface area (Å²) >= 11 is 6.88. The van der Waals surface area contributed by atoms with E-state index in [1.54, 1.807) is 25.3 Å². The highest BCUT2D eigenvalue weighted by Crippen LogP contribution is 2.34. The number of carbonyl (C=O) groups is 1. The molecule has 1 aromatic carbocycles. The van der Waals surface area contributed by atoms with E-state index in [0.717, 1.165) is 11.3 Å². The zero-order valence-corrected chi connectivity index (χ0v) is 20.2. The lowest BCUT2D eigenvalue weighted by atomic mass is 9.99. The van der Waals surface area contributed by atoms with Gasteiger partial charge in [-0.3, -0.25) is 10.1 Å². The molecule has 0 bridgehead atoms. The molecule has 0 radical (unpaired) electrons. The SMILES string of the molecule is COc1ccc(-c2nnc(NC(=O)C3CCCN(S(=O)(=O)c4ccc(Cl)s4)C3)o2)c(OC)c1. The zero-order valence-electron chi connectivity index (χ0n) is 17.8. The molecule has 0 aliphatic carbocycles. The van der Waals surface area contributed by atoms with Gasteiger partial charge in [0.2, 0.25) is 5.91 Å². The number of halogens is 1. The lowest BCUT2D eigenvalue weighted by molar-refractivity contribution is -0.121. The van der Waals surface area contributed by atoms with Crippen LogP contribution in [0.5, 0.6) is 11.5 Å². The molecule has 10 nitrogen and oxygen atoms in total. The highest BCUT2D eigenvalue weighted by atomic mass is 35.5. The molecule has 1 aliphatic heterocycles. The highest BCUT2D eigenvalue weighted by molar-refractivity contribution is 7.91. The Morgan fingerprint density at radius 2 is 2.06 bits per heavy atom. The second-order valence-corrected chi connectivity index (χ2v) is 11.1. The van der Waals surface area contributed by atoms with Crippen LogP contribution in [0, 0.1) is 5.92 Å². The first-order valence-corrected chi connectivity index (χ1v) is 12.6. The molecule has 1 atom stereocenters. The third-order valence-electron chi connectivity index (χ3n) is 5.19. The van der Waals surface area contributed by atoms with E-state index in [9.17, 15) is 13.2 Å². The van der Waals surface area contributed by atoms with Gasteiger partial charge in [-0.15, -0.1) is 16.4 Å². The number of nitrogens with zero attached hydrogens (tertiary/aromatic N) is 3. The zero-order chi connectivity index (χ0) is 23.6. The van der Waals surface area contributed by atoms with Crippen molar-refractivity contribution in [3.63, 3.8) is 0 Å². The molecule has 3 heterocycles. The summed E-state index contributed by atoms with van der Waals surface area (Å²) in [5.74, 6) is 0.279. The predicted molar refractivity (Wildman–Crippen MR) is 122 cm³/mol. The molecule has 0 spiro atoms. The fourth-order valence-corrected chi connectivity index (χ4v) is 6.66. The number of rotatable bonds is 7. The Morgan fingerprint density at radius 1 is 1.24 bits per heavy atom. The first-order chi connectivity index (χ1) is 15.8. The minimum atomic E-state index is -3.71. The molecular formula is C20H21ClN4O6S2. The molecule has 1 amide bonds. The number of benzene rings is 1. The second-order valence-electron chi connectivity index (χ2n) is 7.23. The number of hydrogen-bond donors (Lipinski definition) is 1. The standard InChI is InChI=1S/C20H21ClN4O6S2/c1-29-13-5-6-14(15(10-13)30-2)19-23-24-20(31-19)22-18(26)12-4-3-9-25(11-12)33(27,28)17-8-7-16(21)32-17/h5-8,10,12H,3-4,9,11H2,1-2H3,(H,22,24,26). The number of piperidine rings is 1. The molecule has 1 fully saturated rings. The monoisotopic (exact) mass is 512 g/mol. The summed E-state index contributed by atoms with van der Waals surface area (Å²) in [4.78, 5) is 12.8. The number of sulfonamides is 1. The second kappa shape index (κ2) is 9.67. The molecule has 1 unspecified atom stereocenters. The first-order valence-electron chi connectivity index (χ1n) is 9.94. The molecule has 0 saturated carbocycles. The van der Waals surface area contributed by atoms with E-state index >= 15 is 0 Å². The molecule has 13 heteroatoms. The molecule has 2 aromatic heterocycles. The Labute approximate surface area is 199 Å². The lowest BCUT2D eigenvalue weighted by Crippen LogP contribution is -2.43. The number of aromatic nitrogens is 2.